The van der Waals surface area contributed by atoms with Gasteiger partial charge in [0.25, 0.3) is 5.91 Å². The van der Waals surface area contributed by atoms with Crippen molar-refractivity contribution in [1.29, 1.82) is 0 Å². The van der Waals surface area contributed by atoms with Crippen molar-refractivity contribution in [2.24, 2.45) is 0 Å². The first-order valence-electron chi connectivity index (χ1n) is 7.08. The molecule has 1 aromatic heterocycles. The van der Waals surface area contributed by atoms with Gasteiger partial charge in [-0.1, -0.05) is 12.1 Å². The molecule has 2 aromatic rings. The van der Waals surface area contributed by atoms with Crippen LogP contribution in [0.3, 0.4) is 0 Å². The Bertz CT molecular complexity index is 674. The van der Waals surface area contributed by atoms with E-state index in [9.17, 15) is 9.59 Å². The molecule has 1 N–H and O–H groups in total. The minimum Gasteiger partial charge on any atom is -0.459 e. The fraction of sp³-hybridized carbons (Fsp3) is 0.294. The van der Waals surface area contributed by atoms with Gasteiger partial charge >= 0.3 is 5.97 Å². The number of hydrogen-bond donors (Lipinski definition) is 1. The molecular weight excluding hydrogens is 282 g/mol. The summed E-state index contributed by atoms with van der Waals surface area (Å²) in [5.74, 6) is 0.0957. The number of hydrogen-bond acceptors (Lipinski definition) is 4. The number of amides is 1. The molecule has 0 saturated heterocycles. The molecule has 0 aliphatic rings. The minimum atomic E-state index is -0.378. The van der Waals surface area contributed by atoms with Crippen molar-refractivity contribution in [3.8, 4) is 5.75 Å². The topological polar surface area (TPSA) is 68.5 Å². The Morgan fingerprint density at radius 3 is 2.55 bits per heavy atom. The first-order chi connectivity index (χ1) is 10.5. The maximum absolute atomic E-state index is 11.9. The highest BCUT2D eigenvalue weighted by atomic mass is 16.5. The molecule has 2 rings (SSSR count). The third kappa shape index (κ3) is 3.75. The summed E-state index contributed by atoms with van der Waals surface area (Å²) in [6.07, 6.45) is 1.52. The normalized spacial score (nSPS) is 10.3. The van der Waals surface area contributed by atoms with E-state index in [2.05, 4.69) is 5.32 Å². The number of aryl methyl sites for hydroxylation is 2. The largest absolute Gasteiger partial charge is 0.459 e. The van der Waals surface area contributed by atoms with Crippen molar-refractivity contribution in [3.63, 3.8) is 0 Å². The zero-order valence-electron chi connectivity index (χ0n) is 12.9. The van der Waals surface area contributed by atoms with Crippen LogP contribution in [0.4, 0.5) is 0 Å². The first-order valence-corrected chi connectivity index (χ1v) is 7.08. The average Bonchev–Trinajstić information content (AvgIpc) is 3.02. The molecule has 0 radical (unpaired) electrons. The van der Waals surface area contributed by atoms with E-state index in [0.29, 0.717) is 5.75 Å². The summed E-state index contributed by atoms with van der Waals surface area (Å²) >= 11 is 0. The summed E-state index contributed by atoms with van der Waals surface area (Å²) < 4.78 is 10.4. The lowest BCUT2D eigenvalue weighted by Gasteiger charge is -2.12. The van der Waals surface area contributed by atoms with Gasteiger partial charge in [-0.05, 0) is 49.6 Å². The van der Waals surface area contributed by atoms with Crippen molar-refractivity contribution in [2.75, 3.05) is 6.54 Å². The van der Waals surface area contributed by atoms with Crippen molar-refractivity contribution < 1.29 is 18.7 Å². The third-order valence-electron chi connectivity index (χ3n) is 3.45. The maximum atomic E-state index is 11.9. The van der Waals surface area contributed by atoms with E-state index in [-0.39, 0.29) is 30.6 Å². The van der Waals surface area contributed by atoms with Crippen LogP contribution < -0.4 is 10.1 Å². The number of ether oxygens (including phenoxy) is 1. The number of carbonyl (C=O) groups excluding carboxylic acids is 2. The van der Waals surface area contributed by atoms with E-state index >= 15 is 0 Å². The molecule has 116 valence electrons. The highest BCUT2D eigenvalue weighted by molar-refractivity contribution is 5.91. The monoisotopic (exact) mass is 301 g/mol. The summed E-state index contributed by atoms with van der Waals surface area (Å²) in [7, 11) is 0. The SMILES string of the molecule is Cc1ccc(C)c(OC(=O)CCNC(=O)c2ccco2)c1C. The lowest BCUT2D eigenvalue weighted by atomic mass is 10.1. The second-order valence-electron chi connectivity index (χ2n) is 5.11. The van der Waals surface area contributed by atoms with Crippen molar-refractivity contribution in [1.82, 2.24) is 5.32 Å². The molecule has 1 heterocycles. The van der Waals surface area contributed by atoms with Crippen LogP contribution in [0.25, 0.3) is 0 Å². The number of carbonyl (C=O) groups is 2. The minimum absolute atomic E-state index is 0.0965. The van der Waals surface area contributed by atoms with E-state index in [1.165, 1.54) is 6.26 Å². The molecule has 0 unspecified atom stereocenters. The molecule has 0 aliphatic carbocycles. The van der Waals surface area contributed by atoms with Gasteiger partial charge in [-0.15, -0.1) is 0 Å². The highest BCUT2D eigenvalue weighted by Crippen LogP contribution is 2.25. The number of esters is 1. The zero-order chi connectivity index (χ0) is 16.1. The standard InChI is InChI=1S/C17H19NO4/c1-11-6-7-12(2)16(13(11)3)22-15(19)8-9-18-17(20)14-5-4-10-21-14/h4-7,10H,8-9H2,1-3H3,(H,18,20). The van der Waals surface area contributed by atoms with Crippen LogP contribution in [0.5, 0.6) is 5.75 Å². The van der Waals surface area contributed by atoms with E-state index in [0.717, 1.165) is 16.7 Å². The predicted octanol–water partition coefficient (Wildman–Crippen LogP) is 2.93. The molecule has 0 fully saturated rings. The summed E-state index contributed by atoms with van der Waals surface area (Å²) in [6, 6.07) is 7.11. The van der Waals surface area contributed by atoms with Crippen molar-refractivity contribution >= 4 is 11.9 Å². The number of benzene rings is 1. The fourth-order valence-corrected chi connectivity index (χ4v) is 2.02. The molecule has 1 amide bonds. The van der Waals surface area contributed by atoms with Gasteiger partial charge in [-0.2, -0.15) is 0 Å². The average molecular weight is 301 g/mol. The van der Waals surface area contributed by atoms with Gasteiger partial charge in [0, 0.05) is 6.54 Å². The summed E-state index contributed by atoms with van der Waals surface area (Å²) in [6.45, 7) is 5.98. The number of nitrogens with one attached hydrogen (secondary N) is 1. The van der Waals surface area contributed by atoms with Gasteiger partial charge in [0.2, 0.25) is 0 Å². The second kappa shape index (κ2) is 6.93. The summed E-state index contributed by atoms with van der Waals surface area (Å²) in [5.41, 5.74) is 2.93. The van der Waals surface area contributed by atoms with Gasteiger partial charge in [-0.3, -0.25) is 9.59 Å². The quantitative estimate of drug-likeness (QED) is 0.681. The lowest BCUT2D eigenvalue weighted by molar-refractivity contribution is -0.134. The van der Waals surface area contributed by atoms with Crippen LogP contribution in [0.1, 0.15) is 33.7 Å². The summed E-state index contributed by atoms with van der Waals surface area (Å²) in [4.78, 5) is 23.5. The van der Waals surface area contributed by atoms with Crippen molar-refractivity contribution in [3.05, 3.63) is 53.0 Å². The molecular formula is C17H19NO4. The zero-order valence-corrected chi connectivity index (χ0v) is 12.9. The molecule has 1 aromatic carbocycles. The number of furan rings is 1. The third-order valence-corrected chi connectivity index (χ3v) is 3.45. The van der Waals surface area contributed by atoms with E-state index in [1.54, 1.807) is 12.1 Å². The van der Waals surface area contributed by atoms with Crippen LogP contribution in [0.2, 0.25) is 0 Å². The Labute approximate surface area is 129 Å². The molecule has 0 atom stereocenters. The van der Waals surface area contributed by atoms with Gasteiger partial charge in [0.05, 0.1) is 12.7 Å². The van der Waals surface area contributed by atoms with Gasteiger partial charge in [-0.25, -0.2) is 0 Å². The Morgan fingerprint density at radius 1 is 1.14 bits per heavy atom. The molecule has 0 saturated carbocycles. The van der Waals surface area contributed by atoms with E-state index in [1.807, 2.05) is 32.9 Å². The highest BCUT2D eigenvalue weighted by Gasteiger charge is 2.13. The first kappa shape index (κ1) is 15.8. The Balaban J connectivity index is 1.86. The smallest absolute Gasteiger partial charge is 0.312 e. The van der Waals surface area contributed by atoms with Gasteiger partial charge in [0.1, 0.15) is 5.75 Å². The van der Waals surface area contributed by atoms with Crippen LogP contribution >= 0.6 is 0 Å². The van der Waals surface area contributed by atoms with Crippen LogP contribution in [-0.2, 0) is 4.79 Å². The lowest BCUT2D eigenvalue weighted by Crippen LogP contribution is -2.26. The predicted molar refractivity (Wildman–Crippen MR) is 81.9 cm³/mol. The molecule has 5 nitrogen and oxygen atoms in total. The molecule has 22 heavy (non-hydrogen) atoms. The Kier molecular flexibility index (Phi) is 4.99. The molecule has 0 spiro atoms. The maximum Gasteiger partial charge on any atom is 0.312 e. The Hall–Kier alpha value is -2.56. The molecule has 0 aliphatic heterocycles. The van der Waals surface area contributed by atoms with Gasteiger partial charge < -0.3 is 14.5 Å². The van der Waals surface area contributed by atoms with E-state index < -0.39 is 0 Å². The van der Waals surface area contributed by atoms with Crippen molar-refractivity contribution in [2.45, 2.75) is 27.2 Å². The van der Waals surface area contributed by atoms with Crippen LogP contribution in [0.15, 0.2) is 34.9 Å². The molecule has 5 heteroatoms. The molecule has 0 bridgehead atoms. The van der Waals surface area contributed by atoms with E-state index in [4.69, 9.17) is 9.15 Å². The second-order valence-corrected chi connectivity index (χ2v) is 5.11. The summed E-state index contributed by atoms with van der Waals surface area (Å²) in [5, 5.41) is 2.61. The number of rotatable bonds is 5. The van der Waals surface area contributed by atoms with Gasteiger partial charge in [0.15, 0.2) is 5.76 Å². The van der Waals surface area contributed by atoms with Crippen LogP contribution in [-0.4, -0.2) is 18.4 Å². The Morgan fingerprint density at radius 2 is 1.86 bits per heavy atom. The van der Waals surface area contributed by atoms with Crippen LogP contribution in [0, 0.1) is 20.8 Å². The fourth-order valence-electron chi connectivity index (χ4n) is 2.02.